The van der Waals surface area contributed by atoms with E-state index in [-0.39, 0.29) is 5.82 Å². The molecule has 0 saturated carbocycles. The number of ether oxygens (including phenoxy) is 2. The molecule has 1 aliphatic heterocycles. The van der Waals surface area contributed by atoms with Crippen molar-refractivity contribution in [2.45, 2.75) is 25.7 Å². The molecule has 1 fully saturated rings. The minimum Gasteiger partial charge on any atom is -0.463 e. The van der Waals surface area contributed by atoms with E-state index in [0.29, 0.717) is 5.92 Å². The third-order valence-electron chi connectivity index (χ3n) is 2.88. The van der Waals surface area contributed by atoms with Crippen LogP contribution in [0.2, 0.25) is 0 Å². The van der Waals surface area contributed by atoms with Crippen LogP contribution in [0.5, 0.6) is 0 Å². The van der Waals surface area contributed by atoms with Crippen LogP contribution in [0.15, 0.2) is 6.07 Å². The van der Waals surface area contributed by atoms with E-state index in [9.17, 15) is 4.79 Å². The number of carbonyl (C=O) groups is 1. The molecule has 0 amide bonds. The van der Waals surface area contributed by atoms with E-state index in [1.54, 1.807) is 0 Å². The van der Waals surface area contributed by atoms with Crippen molar-refractivity contribution in [1.82, 2.24) is 9.97 Å². The van der Waals surface area contributed by atoms with Crippen LogP contribution in [0.25, 0.3) is 0 Å². The monoisotopic (exact) mass is 236 g/mol. The van der Waals surface area contributed by atoms with Gasteiger partial charge in [0.1, 0.15) is 0 Å². The topological polar surface area (TPSA) is 61.3 Å². The van der Waals surface area contributed by atoms with Crippen LogP contribution in [0.4, 0.5) is 0 Å². The van der Waals surface area contributed by atoms with E-state index >= 15 is 0 Å². The number of carbonyl (C=O) groups excluding carboxylic acids is 1. The van der Waals surface area contributed by atoms with Crippen LogP contribution >= 0.6 is 0 Å². The van der Waals surface area contributed by atoms with E-state index in [1.165, 1.54) is 7.11 Å². The summed E-state index contributed by atoms with van der Waals surface area (Å²) >= 11 is 0. The van der Waals surface area contributed by atoms with Crippen molar-refractivity contribution in [2.75, 3.05) is 20.3 Å². The van der Waals surface area contributed by atoms with Crippen molar-refractivity contribution in [2.24, 2.45) is 0 Å². The van der Waals surface area contributed by atoms with E-state index in [2.05, 4.69) is 14.7 Å². The standard InChI is InChI=1S/C12H16N2O3/c1-8-7-10(9-3-5-17-6-4-9)14-11(13-8)12(15)16-2/h7,9H,3-6H2,1-2H3. The van der Waals surface area contributed by atoms with Crippen molar-refractivity contribution in [1.29, 1.82) is 0 Å². The lowest BCUT2D eigenvalue weighted by Gasteiger charge is -2.21. The predicted molar refractivity (Wildman–Crippen MR) is 60.9 cm³/mol. The summed E-state index contributed by atoms with van der Waals surface area (Å²) in [5.74, 6) is 0.0184. The predicted octanol–water partition coefficient (Wildman–Crippen LogP) is 1.47. The summed E-state index contributed by atoms with van der Waals surface area (Å²) in [7, 11) is 1.34. The third kappa shape index (κ3) is 2.79. The van der Waals surface area contributed by atoms with Gasteiger partial charge in [-0.05, 0) is 25.8 Å². The Bertz CT molecular complexity index is 414. The average Bonchev–Trinajstić information content (AvgIpc) is 2.38. The maximum absolute atomic E-state index is 11.4. The van der Waals surface area contributed by atoms with Crippen molar-refractivity contribution >= 4 is 5.97 Å². The Labute approximate surface area is 100 Å². The second-order valence-electron chi connectivity index (χ2n) is 4.14. The Balaban J connectivity index is 2.27. The van der Waals surface area contributed by atoms with Crippen LogP contribution in [0, 0.1) is 6.92 Å². The first-order valence-electron chi connectivity index (χ1n) is 5.72. The molecule has 1 aliphatic rings. The first-order valence-corrected chi connectivity index (χ1v) is 5.72. The fraction of sp³-hybridized carbons (Fsp3) is 0.583. The van der Waals surface area contributed by atoms with Gasteiger partial charge in [0.2, 0.25) is 5.82 Å². The van der Waals surface area contributed by atoms with Crippen LogP contribution in [-0.4, -0.2) is 36.3 Å². The molecule has 1 aromatic rings. The summed E-state index contributed by atoms with van der Waals surface area (Å²) in [6.07, 6.45) is 1.88. The second-order valence-corrected chi connectivity index (χ2v) is 4.14. The Hall–Kier alpha value is -1.49. The second kappa shape index (κ2) is 5.23. The number of aromatic nitrogens is 2. The van der Waals surface area contributed by atoms with Gasteiger partial charge in [-0.25, -0.2) is 14.8 Å². The highest BCUT2D eigenvalue weighted by Crippen LogP contribution is 2.25. The van der Waals surface area contributed by atoms with Gasteiger partial charge in [0.15, 0.2) is 0 Å². The number of rotatable bonds is 2. The zero-order chi connectivity index (χ0) is 12.3. The molecule has 0 aromatic carbocycles. The van der Waals surface area contributed by atoms with E-state index < -0.39 is 5.97 Å². The summed E-state index contributed by atoms with van der Waals surface area (Å²) in [5, 5.41) is 0. The number of nitrogens with zero attached hydrogens (tertiary/aromatic N) is 2. The average molecular weight is 236 g/mol. The zero-order valence-electron chi connectivity index (χ0n) is 10.1. The van der Waals surface area contributed by atoms with Gasteiger partial charge in [0.05, 0.1) is 7.11 Å². The molecule has 0 N–H and O–H groups in total. The number of methoxy groups -OCH3 is 1. The van der Waals surface area contributed by atoms with E-state index in [4.69, 9.17) is 4.74 Å². The molecular weight excluding hydrogens is 220 g/mol. The molecule has 0 unspecified atom stereocenters. The minimum atomic E-state index is -0.484. The van der Waals surface area contributed by atoms with Crippen LogP contribution in [0.3, 0.4) is 0 Å². The Morgan fingerprint density at radius 3 is 2.76 bits per heavy atom. The maximum atomic E-state index is 11.4. The molecule has 1 aromatic heterocycles. The van der Waals surface area contributed by atoms with Gasteiger partial charge in [0.25, 0.3) is 0 Å². The van der Waals surface area contributed by atoms with Gasteiger partial charge >= 0.3 is 5.97 Å². The summed E-state index contributed by atoms with van der Waals surface area (Å²) < 4.78 is 9.96. The van der Waals surface area contributed by atoms with Gasteiger partial charge in [-0.1, -0.05) is 0 Å². The molecule has 0 radical (unpaired) electrons. The number of aryl methyl sites for hydroxylation is 1. The highest BCUT2D eigenvalue weighted by atomic mass is 16.5. The lowest BCUT2D eigenvalue weighted by molar-refractivity contribution is 0.0585. The zero-order valence-corrected chi connectivity index (χ0v) is 10.1. The summed E-state index contributed by atoms with van der Waals surface area (Å²) in [6.45, 7) is 3.36. The van der Waals surface area contributed by atoms with Gasteiger partial charge in [0, 0.05) is 30.5 Å². The van der Waals surface area contributed by atoms with Crippen molar-refractivity contribution in [3.8, 4) is 0 Å². The molecule has 0 bridgehead atoms. The lowest BCUT2D eigenvalue weighted by Crippen LogP contribution is -2.18. The molecule has 92 valence electrons. The molecule has 5 heteroatoms. The fourth-order valence-corrected chi connectivity index (χ4v) is 1.98. The third-order valence-corrected chi connectivity index (χ3v) is 2.88. The van der Waals surface area contributed by atoms with Gasteiger partial charge in [-0.2, -0.15) is 0 Å². The maximum Gasteiger partial charge on any atom is 0.376 e. The number of hydrogen-bond donors (Lipinski definition) is 0. The van der Waals surface area contributed by atoms with Gasteiger partial charge < -0.3 is 9.47 Å². The Morgan fingerprint density at radius 1 is 1.41 bits per heavy atom. The van der Waals surface area contributed by atoms with Gasteiger partial charge in [-0.15, -0.1) is 0 Å². The quantitative estimate of drug-likeness (QED) is 0.727. The van der Waals surface area contributed by atoms with Crippen molar-refractivity contribution in [3.63, 3.8) is 0 Å². The van der Waals surface area contributed by atoms with Gasteiger partial charge in [-0.3, -0.25) is 0 Å². The molecule has 0 atom stereocenters. The molecule has 0 aliphatic carbocycles. The van der Waals surface area contributed by atoms with Crippen molar-refractivity contribution in [3.05, 3.63) is 23.3 Å². The molecule has 17 heavy (non-hydrogen) atoms. The molecule has 1 saturated heterocycles. The molecule has 2 heterocycles. The lowest BCUT2D eigenvalue weighted by atomic mass is 9.96. The highest BCUT2D eigenvalue weighted by molar-refractivity contribution is 5.85. The number of hydrogen-bond acceptors (Lipinski definition) is 5. The van der Waals surface area contributed by atoms with Crippen LogP contribution in [0.1, 0.15) is 40.8 Å². The first-order chi connectivity index (χ1) is 8.20. The number of esters is 1. The molecule has 2 rings (SSSR count). The highest BCUT2D eigenvalue weighted by Gasteiger charge is 2.20. The summed E-state index contributed by atoms with van der Waals surface area (Å²) in [5.41, 5.74) is 1.71. The largest absolute Gasteiger partial charge is 0.463 e. The molecule has 5 nitrogen and oxygen atoms in total. The van der Waals surface area contributed by atoms with E-state index in [0.717, 1.165) is 37.4 Å². The SMILES string of the molecule is COC(=O)c1nc(C)cc(C2CCOCC2)n1. The fourth-order valence-electron chi connectivity index (χ4n) is 1.98. The van der Waals surface area contributed by atoms with Crippen LogP contribution < -0.4 is 0 Å². The van der Waals surface area contributed by atoms with Crippen LogP contribution in [-0.2, 0) is 9.47 Å². The van der Waals surface area contributed by atoms with Crippen molar-refractivity contribution < 1.29 is 14.3 Å². The normalized spacial score (nSPS) is 16.8. The summed E-state index contributed by atoms with van der Waals surface area (Å²) in [4.78, 5) is 19.8. The molecular formula is C12H16N2O3. The Morgan fingerprint density at radius 2 is 2.12 bits per heavy atom. The first kappa shape index (κ1) is 12.0. The summed E-state index contributed by atoms with van der Waals surface area (Å²) in [6, 6.07) is 1.93. The molecule has 0 spiro atoms. The van der Waals surface area contributed by atoms with E-state index in [1.807, 2.05) is 13.0 Å². The Kier molecular flexibility index (Phi) is 3.68. The minimum absolute atomic E-state index is 0.147. The smallest absolute Gasteiger partial charge is 0.376 e.